The van der Waals surface area contributed by atoms with Crippen LogP contribution in [0.1, 0.15) is 32.1 Å². The maximum Gasteiger partial charge on any atom is 0.101 e. The Bertz CT molecular complexity index is 159. The van der Waals surface area contributed by atoms with Crippen LogP contribution in [0.4, 0.5) is 0 Å². The van der Waals surface area contributed by atoms with Gasteiger partial charge in [-0.3, -0.25) is 0 Å². The van der Waals surface area contributed by atoms with Crippen LogP contribution >= 0.6 is 0 Å². The van der Waals surface area contributed by atoms with Gasteiger partial charge in [0.25, 0.3) is 0 Å². The van der Waals surface area contributed by atoms with Crippen molar-refractivity contribution in [3.63, 3.8) is 0 Å². The molecule has 66 valence electrons. The SMILES string of the molecule is BCC1C2CC3CC(C2)CC1C3. The highest BCUT2D eigenvalue weighted by Gasteiger charge is 2.46. The van der Waals surface area contributed by atoms with Crippen molar-refractivity contribution in [2.24, 2.45) is 29.6 Å². The summed E-state index contributed by atoms with van der Waals surface area (Å²) >= 11 is 0. The number of hydrogen-bond donors (Lipinski definition) is 0. The topological polar surface area (TPSA) is 0 Å². The Hall–Kier alpha value is 0.0649. The van der Waals surface area contributed by atoms with Gasteiger partial charge in [-0.15, -0.1) is 0 Å². The highest BCUT2D eigenvalue weighted by Crippen LogP contribution is 2.57. The van der Waals surface area contributed by atoms with Crippen LogP contribution in [0.15, 0.2) is 0 Å². The van der Waals surface area contributed by atoms with Crippen LogP contribution in [0.5, 0.6) is 0 Å². The molecule has 12 heavy (non-hydrogen) atoms. The molecule has 0 spiro atoms. The lowest BCUT2D eigenvalue weighted by molar-refractivity contribution is -0.0278. The summed E-state index contributed by atoms with van der Waals surface area (Å²) in [7, 11) is 2.41. The molecule has 0 amide bonds. The molecular weight excluding hydrogens is 143 g/mol. The van der Waals surface area contributed by atoms with Gasteiger partial charge >= 0.3 is 0 Å². The smallest absolute Gasteiger partial charge is 0.0778 e. The van der Waals surface area contributed by atoms with Crippen LogP contribution in [-0.4, -0.2) is 7.85 Å². The molecule has 0 radical (unpaired) electrons. The van der Waals surface area contributed by atoms with Crippen molar-refractivity contribution >= 4 is 7.85 Å². The monoisotopic (exact) mass is 162 g/mol. The van der Waals surface area contributed by atoms with Gasteiger partial charge in [0.15, 0.2) is 0 Å². The van der Waals surface area contributed by atoms with E-state index >= 15 is 0 Å². The fourth-order valence-corrected chi connectivity index (χ4v) is 4.70. The third-order valence-electron chi connectivity index (χ3n) is 4.89. The van der Waals surface area contributed by atoms with Gasteiger partial charge < -0.3 is 0 Å². The maximum atomic E-state index is 2.41. The van der Waals surface area contributed by atoms with E-state index in [1.54, 1.807) is 32.1 Å². The molecule has 4 fully saturated rings. The standard InChI is InChI=1S/C11H19B/c12-6-11-9-2-7-1-8(4-9)5-10(11)3-7/h7-11H,1-6,12H2. The van der Waals surface area contributed by atoms with Crippen LogP contribution in [-0.2, 0) is 0 Å². The van der Waals surface area contributed by atoms with Gasteiger partial charge in [-0.25, -0.2) is 0 Å². The highest BCUT2D eigenvalue weighted by atomic mass is 14.5. The molecule has 0 aliphatic heterocycles. The normalized spacial score (nSPS) is 56.2. The molecule has 0 heterocycles. The maximum absolute atomic E-state index is 2.41. The van der Waals surface area contributed by atoms with Gasteiger partial charge in [-0.05, 0) is 61.7 Å². The Morgan fingerprint density at radius 1 is 0.833 bits per heavy atom. The van der Waals surface area contributed by atoms with Gasteiger partial charge in [0.05, 0.1) is 0 Å². The number of rotatable bonds is 1. The first-order valence-corrected chi connectivity index (χ1v) is 5.86. The first-order valence-electron chi connectivity index (χ1n) is 5.86. The zero-order chi connectivity index (χ0) is 8.13. The lowest BCUT2D eigenvalue weighted by atomic mass is 9.50. The van der Waals surface area contributed by atoms with Crippen molar-refractivity contribution in [1.82, 2.24) is 0 Å². The van der Waals surface area contributed by atoms with Gasteiger partial charge in [-0.2, -0.15) is 0 Å². The molecule has 4 rings (SSSR count). The molecule has 0 atom stereocenters. The summed E-state index contributed by atoms with van der Waals surface area (Å²) in [6.45, 7) is 0. The van der Waals surface area contributed by atoms with Crippen LogP contribution < -0.4 is 0 Å². The molecule has 4 saturated carbocycles. The van der Waals surface area contributed by atoms with E-state index in [0.29, 0.717) is 0 Å². The third kappa shape index (κ3) is 0.915. The van der Waals surface area contributed by atoms with Gasteiger partial charge in [-0.1, -0.05) is 6.32 Å². The van der Waals surface area contributed by atoms with Crippen molar-refractivity contribution in [3.05, 3.63) is 0 Å². The summed E-state index contributed by atoms with van der Waals surface area (Å²) in [4.78, 5) is 0. The van der Waals surface area contributed by atoms with Crippen LogP contribution in [0, 0.1) is 29.6 Å². The van der Waals surface area contributed by atoms with Crippen molar-refractivity contribution < 1.29 is 0 Å². The van der Waals surface area contributed by atoms with E-state index in [4.69, 9.17) is 0 Å². The zero-order valence-corrected chi connectivity index (χ0v) is 8.13. The van der Waals surface area contributed by atoms with Gasteiger partial charge in [0.1, 0.15) is 7.85 Å². The quantitative estimate of drug-likeness (QED) is 0.518. The molecule has 4 aliphatic carbocycles. The second-order valence-electron chi connectivity index (χ2n) is 5.50. The van der Waals surface area contributed by atoms with E-state index < -0.39 is 0 Å². The molecule has 4 aliphatic rings. The second kappa shape index (κ2) is 2.53. The van der Waals surface area contributed by atoms with Crippen molar-refractivity contribution in [1.29, 1.82) is 0 Å². The largest absolute Gasteiger partial charge is 0.101 e. The molecule has 0 nitrogen and oxygen atoms in total. The van der Waals surface area contributed by atoms with Crippen molar-refractivity contribution in [3.8, 4) is 0 Å². The predicted molar refractivity (Wildman–Crippen MR) is 53.9 cm³/mol. The third-order valence-corrected chi connectivity index (χ3v) is 4.89. The van der Waals surface area contributed by atoms with Gasteiger partial charge in [0.2, 0.25) is 0 Å². The average molecular weight is 162 g/mol. The van der Waals surface area contributed by atoms with E-state index in [1.807, 2.05) is 0 Å². The molecule has 0 aromatic rings. The molecule has 0 N–H and O–H groups in total. The minimum atomic E-state index is 1.14. The summed E-state index contributed by atoms with van der Waals surface area (Å²) in [6.07, 6.45) is 9.48. The summed E-state index contributed by atoms with van der Waals surface area (Å²) < 4.78 is 0. The van der Waals surface area contributed by atoms with E-state index in [1.165, 1.54) is 6.32 Å². The highest BCUT2D eigenvalue weighted by molar-refractivity contribution is 6.08. The van der Waals surface area contributed by atoms with Crippen LogP contribution in [0.3, 0.4) is 0 Å². The zero-order valence-electron chi connectivity index (χ0n) is 8.13. The van der Waals surface area contributed by atoms with E-state index in [0.717, 1.165) is 29.6 Å². The summed E-state index contributed by atoms with van der Waals surface area (Å²) in [6, 6.07) is 0. The van der Waals surface area contributed by atoms with E-state index in [-0.39, 0.29) is 0 Å². The molecular formula is C11H19B. The average Bonchev–Trinajstić information content (AvgIpc) is 2.02. The Labute approximate surface area is 76.5 Å². The fraction of sp³-hybridized carbons (Fsp3) is 1.00. The minimum Gasteiger partial charge on any atom is -0.0778 e. The fourth-order valence-electron chi connectivity index (χ4n) is 4.70. The predicted octanol–water partition coefficient (Wildman–Crippen LogP) is 2.11. The lowest BCUT2D eigenvalue weighted by Crippen LogP contribution is -2.44. The molecule has 0 saturated heterocycles. The van der Waals surface area contributed by atoms with Crippen molar-refractivity contribution in [2.75, 3.05) is 0 Å². The second-order valence-corrected chi connectivity index (χ2v) is 5.50. The molecule has 1 heteroatoms. The summed E-state index contributed by atoms with van der Waals surface area (Å²) in [5.41, 5.74) is 0. The Kier molecular flexibility index (Phi) is 1.57. The lowest BCUT2D eigenvalue weighted by Gasteiger charge is -2.54. The van der Waals surface area contributed by atoms with E-state index in [9.17, 15) is 0 Å². The molecule has 4 bridgehead atoms. The van der Waals surface area contributed by atoms with E-state index in [2.05, 4.69) is 7.85 Å². The Morgan fingerprint density at radius 2 is 1.33 bits per heavy atom. The Balaban J connectivity index is 1.86. The van der Waals surface area contributed by atoms with Crippen molar-refractivity contribution in [2.45, 2.75) is 38.4 Å². The first-order chi connectivity index (χ1) is 5.86. The number of hydrogen-bond acceptors (Lipinski definition) is 0. The molecule has 0 aromatic carbocycles. The Morgan fingerprint density at radius 3 is 1.75 bits per heavy atom. The first kappa shape index (κ1) is 7.47. The summed E-state index contributed by atoms with van der Waals surface area (Å²) in [5, 5.41) is 0. The molecule has 0 unspecified atom stereocenters. The van der Waals surface area contributed by atoms with Crippen LogP contribution in [0.2, 0.25) is 6.32 Å². The van der Waals surface area contributed by atoms with Crippen LogP contribution in [0.25, 0.3) is 0 Å². The van der Waals surface area contributed by atoms with Gasteiger partial charge in [0, 0.05) is 0 Å². The molecule has 0 aromatic heterocycles. The minimum absolute atomic E-state index is 1.14. The summed E-state index contributed by atoms with van der Waals surface area (Å²) in [5.74, 6) is 5.78.